The van der Waals surface area contributed by atoms with Crippen molar-refractivity contribution in [2.45, 2.75) is 13.0 Å². The third-order valence-corrected chi connectivity index (χ3v) is 3.31. The summed E-state index contributed by atoms with van der Waals surface area (Å²) in [7, 11) is 0. The van der Waals surface area contributed by atoms with Gasteiger partial charge in [0, 0.05) is 25.2 Å². The minimum Gasteiger partial charge on any atom is -0.364 e. The number of nitrogens with zero attached hydrogens (tertiary/aromatic N) is 3. The molecule has 1 heterocycles. The fourth-order valence-electron chi connectivity index (χ4n) is 2.20. The van der Waals surface area contributed by atoms with E-state index in [9.17, 15) is 10.1 Å². The molecule has 0 saturated carbocycles. The molecule has 2 rings (SSSR count). The lowest BCUT2D eigenvalue weighted by Crippen LogP contribution is -2.28. The van der Waals surface area contributed by atoms with Crippen molar-refractivity contribution in [1.82, 2.24) is 0 Å². The van der Waals surface area contributed by atoms with Gasteiger partial charge in [0.1, 0.15) is 5.69 Å². The molecular weight excluding hydrogens is 232 g/mol. The Morgan fingerprint density at radius 1 is 1.56 bits per heavy atom. The zero-order valence-electron chi connectivity index (χ0n) is 10.0. The summed E-state index contributed by atoms with van der Waals surface area (Å²) >= 11 is 0. The molecule has 2 unspecified atom stereocenters. The number of benzene rings is 1. The Hall–Kier alpha value is -2.13. The van der Waals surface area contributed by atoms with Gasteiger partial charge >= 0.3 is 0 Å². The number of nitro groups is 1. The highest BCUT2D eigenvalue weighted by molar-refractivity contribution is 5.66. The quantitative estimate of drug-likeness (QED) is 0.625. The minimum absolute atomic E-state index is 0.0280. The van der Waals surface area contributed by atoms with Gasteiger partial charge in [-0.1, -0.05) is 6.92 Å². The molecule has 0 bridgehead atoms. The normalized spacial score (nSPS) is 22.8. The Morgan fingerprint density at radius 2 is 2.28 bits per heavy atom. The van der Waals surface area contributed by atoms with Crippen LogP contribution in [0.25, 0.3) is 0 Å². The number of hydrogen-bond acceptors (Lipinski definition) is 5. The Bertz CT molecular complexity index is 513. The zero-order valence-corrected chi connectivity index (χ0v) is 10.0. The van der Waals surface area contributed by atoms with Gasteiger partial charge in [0.25, 0.3) is 5.69 Å². The van der Waals surface area contributed by atoms with Crippen LogP contribution in [0, 0.1) is 27.4 Å². The van der Waals surface area contributed by atoms with Crippen LogP contribution in [0.4, 0.5) is 11.4 Å². The molecule has 0 radical (unpaired) electrons. The maximum absolute atomic E-state index is 11.0. The average Bonchev–Trinajstić information content (AvgIpc) is 2.68. The molecule has 0 aromatic heterocycles. The lowest BCUT2D eigenvalue weighted by Gasteiger charge is -2.18. The Kier molecular flexibility index (Phi) is 3.17. The van der Waals surface area contributed by atoms with E-state index in [1.165, 1.54) is 6.07 Å². The average molecular weight is 246 g/mol. The number of nitrogens with two attached hydrogens (primary N) is 1. The van der Waals surface area contributed by atoms with Crippen LogP contribution >= 0.6 is 0 Å². The van der Waals surface area contributed by atoms with Gasteiger partial charge in [-0.25, -0.2) is 0 Å². The third-order valence-electron chi connectivity index (χ3n) is 3.31. The molecule has 0 spiro atoms. The summed E-state index contributed by atoms with van der Waals surface area (Å²) in [5.74, 6) is 0.306. The lowest BCUT2D eigenvalue weighted by molar-refractivity contribution is -0.384. The topological polar surface area (TPSA) is 96.2 Å². The molecule has 18 heavy (non-hydrogen) atoms. The number of hydrogen-bond donors (Lipinski definition) is 1. The van der Waals surface area contributed by atoms with Crippen LogP contribution in [0.3, 0.4) is 0 Å². The Morgan fingerprint density at radius 3 is 2.78 bits per heavy atom. The van der Waals surface area contributed by atoms with Crippen molar-refractivity contribution >= 4 is 11.4 Å². The smallest absolute Gasteiger partial charge is 0.293 e. The first-order valence-electron chi connectivity index (χ1n) is 5.72. The van der Waals surface area contributed by atoms with Gasteiger partial charge in [-0.05, 0) is 18.1 Å². The van der Waals surface area contributed by atoms with Gasteiger partial charge in [0.05, 0.1) is 16.6 Å². The first-order valence-corrected chi connectivity index (χ1v) is 5.72. The molecule has 1 saturated heterocycles. The second kappa shape index (κ2) is 4.63. The Labute approximate surface area is 105 Å². The lowest BCUT2D eigenvalue weighted by atomic mass is 10.1. The fraction of sp³-hybridized carbons (Fsp3) is 0.417. The number of anilines is 1. The van der Waals surface area contributed by atoms with Crippen LogP contribution in [-0.2, 0) is 0 Å². The van der Waals surface area contributed by atoms with E-state index in [-0.39, 0.29) is 11.7 Å². The summed E-state index contributed by atoms with van der Waals surface area (Å²) in [4.78, 5) is 12.5. The molecule has 1 aliphatic heterocycles. The molecule has 2 N–H and O–H groups in total. The monoisotopic (exact) mass is 246 g/mol. The van der Waals surface area contributed by atoms with Crippen LogP contribution in [0.5, 0.6) is 0 Å². The van der Waals surface area contributed by atoms with Gasteiger partial charge in [0.2, 0.25) is 0 Å². The van der Waals surface area contributed by atoms with Crippen molar-refractivity contribution in [3.8, 4) is 6.07 Å². The second-order valence-corrected chi connectivity index (χ2v) is 4.62. The largest absolute Gasteiger partial charge is 0.364 e. The van der Waals surface area contributed by atoms with Gasteiger partial charge < -0.3 is 10.6 Å². The van der Waals surface area contributed by atoms with Crippen LogP contribution in [0.15, 0.2) is 18.2 Å². The predicted molar refractivity (Wildman–Crippen MR) is 67.2 cm³/mol. The van der Waals surface area contributed by atoms with E-state index in [1.54, 1.807) is 12.1 Å². The van der Waals surface area contributed by atoms with Crippen LogP contribution < -0.4 is 10.6 Å². The molecule has 2 atom stereocenters. The summed E-state index contributed by atoms with van der Waals surface area (Å²) in [6, 6.07) is 6.47. The van der Waals surface area contributed by atoms with Crippen molar-refractivity contribution in [2.24, 2.45) is 11.7 Å². The standard InChI is InChI=1S/C12H14N4O2/c1-8-6-15(7-10(8)14)11-3-2-9(5-13)4-12(11)16(17)18/h2-4,8,10H,6-7,14H2,1H3. The molecule has 1 fully saturated rings. The summed E-state index contributed by atoms with van der Waals surface area (Å²) in [6.07, 6.45) is 0. The van der Waals surface area contributed by atoms with E-state index in [4.69, 9.17) is 11.0 Å². The maximum Gasteiger partial charge on any atom is 0.293 e. The van der Waals surface area contributed by atoms with E-state index < -0.39 is 4.92 Å². The van der Waals surface area contributed by atoms with Gasteiger partial charge in [-0.15, -0.1) is 0 Å². The molecule has 1 aliphatic rings. The van der Waals surface area contributed by atoms with E-state index in [0.717, 1.165) is 0 Å². The number of nitriles is 1. The molecule has 1 aromatic carbocycles. The highest BCUT2D eigenvalue weighted by atomic mass is 16.6. The first kappa shape index (κ1) is 12.3. The van der Waals surface area contributed by atoms with Crippen LogP contribution in [-0.4, -0.2) is 24.1 Å². The second-order valence-electron chi connectivity index (χ2n) is 4.62. The fourth-order valence-corrected chi connectivity index (χ4v) is 2.20. The Balaban J connectivity index is 2.39. The molecular formula is C12H14N4O2. The zero-order chi connectivity index (χ0) is 13.3. The van der Waals surface area contributed by atoms with Crippen molar-refractivity contribution < 1.29 is 4.92 Å². The first-order chi connectivity index (χ1) is 8.52. The third kappa shape index (κ3) is 2.13. The minimum atomic E-state index is -0.454. The summed E-state index contributed by atoms with van der Waals surface area (Å²) in [6.45, 7) is 3.34. The van der Waals surface area contributed by atoms with Gasteiger partial charge in [0.15, 0.2) is 0 Å². The molecule has 6 heteroatoms. The van der Waals surface area contributed by atoms with E-state index in [2.05, 4.69) is 0 Å². The highest BCUT2D eigenvalue weighted by Crippen LogP contribution is 2.32. The van der Waals surface area contributed by atoms with Crippen molar-refractivity contribution in [2.75, 3.05) is 18.0 Å². The van der Waals surface area contributed by atoms with Crippen molar-refractivity contribution in [3.05, 3.63) is 33.9 Å². The van der Waals surface area contributed by atoms with Crippen LogP contribution in [0.2, 0.25) is 0 Å². The molecule has 1 aromatic rings. The van der Waals surface area contributed by atoms with Crippen molar-refractivity contribution in [3.63, 3.8) is 0 Å². The molecule has 94 valence electrons. The van der Waals surface area contributed by atoms with E-state index in [1.807, 2.05) is 17.9 Å². The predicted octanol–water partition coefficient (Wildman–Crippen LogP) is 1.25. The summed E-state index contributed by atoms with van der Waals surface area (Å²) in [5.41, 5.74) is 6.73. The summed E-state index contributed by atoms with van der Waals surface area (Å²) in [5, 5.41) is 19.8. The van der Waals surface area contributed by atoms with Gasteiger partial charge in [-0.3, -0.25) is 10.1 Å². The van der Waals surface area contributed by atoms with Crippen LogP contribution in [0.1, 0.15) is 12.5 Å². The maximum atomic E-state index is 11.0. The van der Waals surface area contributed by atoms with E-state index in [0.29, 0.717) is 30.3 Å². The molecule has 0 aliphatic carbocycles. The van der Waals surface area contributed by atoms with Gasteiger partial charge in [-0.2, -0.15) is 5.26 Å². The van der Waals surface area contributed by atoms with Crippen molar-refractivity contribution in [1.29, 1.82) is 5.26 Å². The number of nitro benzene ring substituents is 1. The highest BCUT2D eigenvalue weighted by Gasteiger charge is 2.30. The summed E-state index contributed by atoms with van der Waals surface area (Å²) < 4.78 is 0. The number of rotatable bonds is 2. The molecule has 0 amide bonds. The SMILES string of the molecule is CC1CN(c2ccc(C#N)cc2[N+](=O)[O-])CC1N. The van der Waals surface area contributed by atoms with E-state index >= 15 is 0 Å². The molecule has 6 nitrogen and oxygen atoms in total.